The Balaban J connectivity index is 1.67. The van der Waals surface area contributed by atoms with E-state index in [0.717, 1.165) is 22.5 Å². The molecule has 4 aromatic rings. The minimum absolute atomic E-state index is 0.474. The van der Waals surface area contributed by atoms with E-state index in [4.69, 9.17) is 17.3 Å². The zero-order valence-corrected chi connectivity index (χ0v) is 13.8. The topological polar surface area (TPSA) is 82.5 Å². The molecule has 3 aromatic heterocycles. The first-order valence-electron chi connectivity index (χ1n) is 7.54. The van der Waals surface area contributed by atoms with Crippen LogP contribution in [0, 0.1) is 0 Å². The molecule has 6 nitrogen and oxygen atoms in total. The van der Waals surface area contributed by atoms with Crippen molar-refractivity contribution in [1.29, 1.82) is 0 Å². The van der Waals surface area contributed by atoms with Crippen LogP contribution in [0.25, 0.3) is 28.5 Å². The van der Waals surface area contributed by atoms with Crippen LogP contribution in [0.3, 0.4) is 0 Å². The maximum Gasteiger partial charge on any atom is 0.235 e. The molecule has 122 valence electrons. The van der Waals surface area contributed by atoms with E-state index in [2.05, 4.69) is 19.9 Å². The van der Waals surface area contributed by atoms with E-state index in [1.54, 1.807) is 29.4 Å². The first-order valence-corrected chi connectivity index (χ1v) is 7.92. The molecule has 1 aromatic carbocycles. The second-order valence-electron chi connectivity index (χ2n) is 5.39. The van der Waals surface area contributed by atoms with Crippen molar-refractivity contribution in [3.8, 4) is 28.5 Å². The van der Waals surface area contributed by atoms with Crippen LogP contribution in [0.15, 0.2) is 67.4 Å². The van der Waals surface area contributed by atoms with Gasteiger partial charge in [-0.3, -0.25) is 4.57 Å². The number of halogens is 1. The molecule has 0 spiro atoms. The fourth-order valence-corrected chi connectivity index (χ4v) is 2.52. The summed E-state index contributed by atoms with van der Waals surface area (Å²) >= 11 is 5.94. The predicted octanol–water partition coefficient (Wildman–Crippen LogP) is 3.63. The lowest BCUT2D eigenvalue weighted by Crippen LogP contribution is -1.99. The molecule has 0 fully saturated rings. The van der Waals surface area contributed by atoms with E-state index in [9.17, 15) is 0 Å². The Morgan fingerprint density at radius 2 is 1.64 bits per heavy atom. The highest BCUT2D eigenvalue weighted by atomic mass is 35.5. The second kappa shape index (κ2) is 6.33. The maximum absolute atomic E-state index is 5.94. The summed E-state index contributed by atoms with van der Waals surface area (Å²) in [6.07, 6.45) is 6.94. The summed E-state index contributed by atoms with van der Waals surface area (Å²) in [7, 11) is 0. The van der Waals surface area contributed by atoms with Crippen molar-refractivity contribution < 1.29 is 0 Å². The second-order valence-corrected chi connectivity index (χ2v) is 5.82. The van der Waals surface area contributed by atoms with Gasteiger partial charge in [0, 0.05) is 34.7 Å². The Kier molecular flexibility index (Phi) is 3.87. The molecule has 0 aliphatic heterocycles. The van der Waals surface area contributed by atoms with Gasteiger partial charge in [0.05, 0.1) is 11.4 Å². The van der Waals surface area contributed by atoms with E-state index in [1.807, 2.05) is 42.6 Å². The summed E-state index contributed by atoms with van der Waals surface area (Å²) in [5.41, 5.74) is 9.05. The average Bonchev–Trinajstić information content (AvgIpc) is 3.13. The standard InChI is InChI=1S/C18H13ClN6/c19-14-4-1-12(2-5-14)15-7-8-21-18(24-15)25-10-16(23-11-25)13-3-6-17(20)22-9-13/h1-11H,(H2,20,22). The third-order valence-corrected chi connectivity index (χ3v) is 3.93. The molecule has 0 unspecified atom stereocenters. The smallest absolute Gasteiger partial charge is 0.235 e. The highest BCUT2D eigenvalue weighted by Crippen LogP contribution is 2.21. The lowest BCUT2D eigenvalue weighted by molar-refractivity contribution is 0.928. The Morgan fingerprint density at radius 1 is 0.840 bits per heavy atom. The van der Waals surface area contributed by atoms with Crippen LogP contribution < -0.4 is 5.73 Å². The molecule has 0 amide bonds. The molecular weight excluding hydrogens is 336 g/mol. The number of nitrogens with zero attached hydrogens (tertiary/aromatic N) is 5. The van der Waals surface area contributed by atoms with Gasteiger partial charge in [-0.05, 0) is 30.3 Å². The number of aromatic nitrogens is 5. The number of imidazole rings is 1. The highest BCUT2D eigenvalue weighted by molar-refractivity contribution is 6.30. The minimum atomic E-state index is 0.474. The van der Waals surface area contributed by atoms with Gasteiger partial charge in [-0.25, -0.2) is 19.9 Å². The third kappa shape index (κ3) is 3.20. The van der Waals surface area contributed by atoms with Crippen molar-refractivity contribution in [3.63, 3.8) is 0 Å². The van der Waals surface area contributed by atoms with Gasteiger partial charge < -0.3 is 5.73 Å². The molecule has 0 saturated carbocycles. The number of pyridine rings is 1. The van der Waals surface area contributed by atoms with Crippen LogP contribution in [-0.4, -0.2) is 24.5 Å². The van der Waals surface area contributed by atoms with Crippen LogP contribution >= 0.6 is 11.6 Å². The number of hydrogen-bond donors (Lipinski definition) is 1. The first kappa shape index (κ1) is 15.3. The molecule has 25 heavy (non-hydrogen) atoms. The molecule has 7 heteroatoms. The SMILES string of the molecule is Nc1ccc(-c2cn(-c3nccc(-c4ccc(Cl)cc4)n3)cn2)cn1. The van der Waals surface area contributed by atoms with Crippen molar-refractivity contribution in [3.05, 3.63) is 72.4 Å². The predicted molar refractivity (Wildman–Crippen MR) is 97.2 cm³/mol. The zero-order chi connectivity index (χ0) is 17.2. The van der Waals surface area contributed by atoms with Gasteiger partial charge in [0.25, 0.3) is 0 Å². The Labute approximate surface area is 149 Å². The molecule has 0 aliphatic carbocycles. The number of rotatable bonds is 3. The number of hydrogen-bond acceptors (Lipinski definition) is 5. The molecule has 2 N–H and O–H groups in total. The van der Waals surface area contributed by atoms with E-state index in [0.29, 0.717) is 16.8 Å². The highest BCUT2D eigenvalue weighted by Gasteiger charge is 2.08. The summed E-state index contributed by atoms with van der Waals surface area (Å²) in [5, 5.41) is 0.689. The molecule has 4 rings (SSSR count). The Hall–Kier alpha value is -3.25. The lowest BCUT2D eigenvalue weighted by atomic mass is 10.1. The number of nitrogens with two attached hydrogens (primary N) is 1. The lowest BCUT2D eigenvalue weighted by Gasteiger charge is -2.04. The quantitative estimate of drug-likeness (QED) is 0.611. The van der Waals surface area contributed by atoms with Crippen molar-refractivity contribution in [1.82, 2.24) is 24.5 Å². The van der Waals surface area contributed by atoms with Crippen LogP contribution in [0.2, 0.25) is 5.02 Å². The maximum atomic E-state index is 5.94. The normalized spacial score (nSPS) is 10.8. The van der Waals surface area contributed by atoms with E-state index >= 15 is 0 Å². The Morgan fingerprint density at radius 3 is 2.40 bits per heavy atom. The van der Waals surface area contributed by atoms with E-state index in [1.165, 1.54) is 0 Å². The molecule has 0 atom stereocenters. The fourth-order valence-electron chi connectivity index (χ4n) is 2.39. The Bertz CT molecular complexity index is 1010. The van der Waals surface area contributed by atoms with Crippen molar-refractivity contribution >= 4 is 17.4 Å². The third-order valence-electron chi connectivity index (χ3n) is 3.68. The van der Waals surface area contributed by atoms with E-state index in [-0.39, 0.29) is 0 Å². The van der Waals surface area contributed by atoms with Crippen molar-refractivity contribution in [2.45, 2.75) is 0 Å². The van der Waals surface area contributed by atoms with Crippen LogP contribution in [0.1, 0.15) is 0 Å². The summed E-state index contributed by atoms with van der Waals surface area (Å²) < 4.78 is 1.77. The number of anilines is 1. The van der Waals surface area contributed by atoms with Gasteiger partial charge in [-0.15, -0.1) is 0 Å². The number of nitrogen functional groups attached to an aromatic ring is 1. The summed E-state index contributed by atoms with van der Waals surface area (Å²) in [4.78, 5) is 17.4. The monoisotopic (exact) mass is 348 g/mol. The summed E-state index contributed by atoms with van der Waals surface area (Å²) in [6.45, 7) is 0. The van der Waals surface area contributed by atoms with Crippen LogP contribution in [-0.2, 0) is 0 Å². The van der Waals surface area contributed by atoms with Crippen LogP contribution in [0.4, 0.5) is 5.82 Å². The molecule has 0 radical (unpaired) electrons. The molecule has 3 heterocycles. The average molecular weight is 349 g/mol. The van der Waals surface area contributed by atoms with Gasteiger partial charge in [0.15, 0.2) is 0 Å². The molecule has 0 bridgehead atoms. The summed E-state index contributed by atoms with van der Waals surface area (Å²) in [6, 6.07) is 13.0. The van der Waals surface area contributed by atoms with Gasteiger partial charge >= 0.3 is 0 Å². The largest absolute Gasteiger partial charge is 0.384 e. The fraction of sp³-hybridized carbons (Fsp3) is 0. The minimum Gasteiger partial charge on any atom is -0.384 e. The van der Waals surface area contributed by atoms with Gasteiger partial charge in [0.1, 0.15) is 12.1 Å². The van der Waals surface area contributed by atoms with Crippen molar-refractivity contribution in [2.24, 2.45) is 0 Å². The molecule has 0 saturated heterocycles. The summed E-state index contributed by atoms with van der Waals surface area (Å²) in [5.74, 6) is 1.01. The molecular formula is C18H13ClN6. The van der Waals surface area contributed by atoms with Crippen LogP contribution in [0.5, 0.6) is 0 Å². The van der Waals surface area contributed by atoms with Gasteiger partial charge in [0.2, 0.25) is 5.95 Å². The molecule has 0 aliphatic rings. The van der Waals surface area contributed by atoms with Crippen molar-refractivity contribution in [2.75, 3.05) is 5.73 Å². The van der Waals surface area contributed by atoms with Gasteiger partial charge in [-0.1, -0.05) is 23.7 Å². The number of benzene rings is 1. The zero-order valence-electron chi connectivity index (χ0n) is 13.0. The van der Waals surface area contributed by atoms with Gasteiger partial charge in [-0.2, -0.15) is 0 Å². The van der Waals surface area contributed by atoms with E-state index < -0.39 is 0 Å². The first-order chi connectivity index (χ1) is 12.2.